The van der Waals surface area contributed by atoms with E-state index in [1.807, 2.05) is 56.3 Å². The number of hydrogen-bond donors (Lipinski definition) is 2. The summed E-state index contributed by atoms with van der Waals surface area (Å²) in [4.78, 5) is 13.5. The number of aryl methyl sites for hydroxylation is 2. The number of benzene rings is 1. The van der Waals surface area contributed by atoms with E-state index in [0.717, 1.165) is 34.3 Å². The van der Waals surface area contributed by atoms with Crippen LogP contribution in [-0.2, 0) is 0 Å². The van der Waals surface area contributed by atoms with Crippen LogP contribution in [0.2, 0.25) is 0 Å². The number of pyridine rings is 1. The Morgan fingerprint density at radius 3 is 2.37 bits per heavy atom. The Morgan fingerprint density at radius 1 is 1.00 bits per heavy atom. The molecular weight excluding hydrogens is 342 g/mol. The summed E-state index contributed by atoms with van der Waals surface area (Å²) in [6.07, 6.45) is 1.15. The van der Waals surface area contributed by atoms with E-state index in [1.54, 1.807) is 0 Å². The highest BCUT2D eigenvalue weighted by atomic mass is 16.4. The second-order valence-corrected chi connectivity index (χ2v) is 6.15. The van der Waals surface area contributed by atoms with Crippen molar-refractivity contribution in [3.8, 4) is 22.4 Å². The first-order valence-corrected chi connectivity index (χ1v) is 8.31. The van der Waals surface area contributed by atoms with E-state index in [0.29, 0.717) is 11.3 Å². The molecule has 27 heavy (non-hydrogen) atoms. The maximum absolute atomic E-state index is 8.83. The van der Waals surface area contributed by atoms with E-state index in [2.05, 4.69) is 25.2 Å². The summed E-state index contributed by atoms with van der Waals surface area (Å²) in [5.41, 5.74) is 11.7. The predicted molar refractivity (Wildman–Crippen MR) is 103 cm³/mol. The van der Waals surface area contributed by atoms with Gasteiger partial charge in [-0.15, -0.1) is 5.10 Å². The van der Waals surface area contributed by atoms with Crippen LogP contribution in [0.15, 0.2) is 47.6 Å². The first-order chi connectivity index (χ1) is 13.1. The van der Waals surface area contributed by atoms with E-state index in [9.17, 15) is 0 Å². The van der Waals surface area contributed by atoms with Gasteiger partial charge in [0.1, 0.15) is 6.21 Å². The molecule has 4 rings (SSSR count). The Kier molecular flexibility index (Phi) is 4.00. The molecule has 0 amide bonds. The molecule has 134 valence electrons. The second-order valence-electron chi connectivity index (χ2n) is 6.15. The summed E-state index contributed by atoms with van der Waals surface area (Å²) in [6, 6.07) is 13.7. The number of aromatic nitrogens is 5. The van der Waals surface area contributed by atoms with Gasteiger partial charge in [0.2, 0.25) is 5.95 Å². The highest BCUT2D eigenvalue weighted by Gasteiger charge is 2.20. The Bertz CT molecular complexity index is 1150. The average molecular weight is 359 g/mol. The molecule has 0 unspecified atom stereocenters. The zero-order valence-electron chi connectivity index (χ0n) is 14.8. The van der Waals surface area contributed by atoms with Crippen LogP contribution in [0.5, 0.6) is 0 Å². The highest BCUT2D eigenvalue weighted by molar-refractivity contribution is 5.91. The number of oxime groups is 1. The van der Waals surface area contributed by atoms with E-state index in [1.165, 1.54) is 4.52 Å². The average Bonchev–Trinajstić information content (AvgIpc) is 3.06. The number of fused-ring (bicyclic) bond motifs is 1. The summed E-state index contributed by atoms with van der Waals surface area (Å²) in [5, 5.41) is 16.1. The Balaban J connectivity index is 2.13. The molecule has 1 aromatic carbocycles. The molecular formula is C19H17N7O. The van der Waals surface area contributed by atoms with Crippen molar-refractivity contribution in [2.45, 2.75) is 13.8 Å². The van der Waals surface area contributed by atoms with E-state index >= 15 is 0 Å². The van der Waals surface area contributed by atoms with Gasteiger partial charge >= 0.3 is 0 Å². The third kappa shape index (κ3) is 2.97. The first-order valence-electron chi connectivity index (χ1n) is 8.31. The molecule has 0 saturated heterocycles. The number of anilines is 1. The number of hydrogen-bond acceptors (Lipinski definition) is 7. The van der Waals surface area contributed by atoms with Crippen LogP contribution in [0.4, 0.5) is 5.95 Å². The van der Waals surface area contributed by atoms with Crippen LogP contribution >= 0.6 is 0 Å². The largest absolute Gasteiger partial charge is 0.411 e. The van der Waals surface area contributed by atoms with Crippen LogP contribution in [-0.4, -0.2) is 36.0 Å². The van der Waals surface area contributed by atoms with Gasteiger partial charge in [-0.1, -0.05) is 35.5 Å². The molecule has 3 heterocycles. The van der Waals surface area contributed by atoms with Crippen LogP contribution in [0.3, 0.4) is 0 Å². The molecule has 4 aromatic rings. The van der Waals surface area contributed by atoms with E-state index < -0.39 is 0 Å². The van der Waals surface area contributed by atoms with Gasteiger partial charge in [0, 0.05) is 17.0 Å². The smallest absolute Gasteiger partial charge is 0.223 e. The van der Waals surface area contributed by atoms with Gasteiger partial charge in [0.25, 0.3) is 0 Å². The fourth-order valence-electron chi connectivity index (χ4n) is 3.13. The molecule has 0 spiro atoms. The lowest BCUT2D eigenvalue weighted by Gasteiger charge is -2.13. The van der Waals surface area contributed by atoms with Gasteiger partial charge < -0.3 is 10.9 Å². The number of nitrogens with zero attached hydrogens (tertiary/aromatic N) is 6. The van der Waals surface area contributed by atoms with Crippen molar-refractivity contribution in [1.29, 1.82) is 0 Å². The standard InChI is InChI=1S/C19H17N7O/c1-11-8-14(9-12(2)22-11)16-17(13-6-4-3-5-7-13)24-19(20)26-18(16)23-15(25-26)10-21-27/h3-10,27H,1-2H3,(H2,20,24). The van der Waals surface area contributed by atoms with Gasteiger partial charge in [0.05, 0.1) is 11.3 Å². The molecule has 0 aliphatic carbocycles. The summed E-state index contributed by atoms with van der Waals surface area (Å²) < 4.78 is 1.45. The van der Waals surface area contributed by atoms with E-state index in [4.69, 9.17) is 10.9 Å². The molecule has 3 aromatic heterocycles. The third-order valence-corrected chi connectivity index (χ3v) is 4.12. The van der Waals surface area contributed by atoms with Gasteiger partial charge in [0.15, 0.2) is 11.5 Å². The molecule has 0 bridgehead atoms. The lowest BCUT2D eigenvalue weighted by molar-refractivity contribution is 0.321. The van der Waals surface area contributed by atoms with Crippen LogP contribution in [0, 0.1) is 13.8 Å². The maximum atomic E-state index is 8.83. The minimum atomic E-state index is 0.195. The number of nitrogens with two attached hydrogens (primary N) is 1. The highest BCUT2D eigenvalue weighted by Crippen LogP contribution is 2.35. The summed E-state index contributed by atoms with van der Waals surface area (Å²) in [5.74, 6) is 0.431. The topological polar surface area (TPSA) is 115 Å². The zero-order chi connectivity index (χ0) is 19.0. The van der Waals surface area contributed by atoms with Crippen molar-refractivity contribution in [2.75, 3.05) is 5.73 Å². The van der Waals surface area contributed by atoms with Gasteiger partial charge in [-0.2, -0.15) is 4.52 Å². The summed E-state index contributed by atoms with van der Waals surface area (Å²) >= 11 is 0. The molecule has 0 aliphatic rings. The van der Waals surface area contributed by atoms with Crippen LogP contribution in [0.1, 0.15) is 17.2 Å². The summed E-state index contributed by atoms with van der Waals surface area (Å²) in [6.45, 7) is 3.88. The zero-order valence-corrected chi connectivity index (χ0v) is 14.8. The molecule has 3 N–H and O–H groups in total. The Hall–Kier alpha value is -3.81. The van der Waals surface area contributed by atoms with Crippen molar-refractivity contribution >= 4 is 17.8 Å². The van der Waals surface area contributed by atoms with E-state index in [-0.39, 0.29) is 11.8 Å². The van der Waals surface area contributed by atoms with Crippen LogP contribution in [0.25, 0.3) is 28.0 Å². The predicted octanol–water partition coefficient (Wildman–Crippen LogP) is 2.86. The Morgan fingerprint density at radius 2 is 1.70 bits per heavy atom. The Labute approximate surface area is 155 Å². The SMILES string of the molecule is Cc1cc(-c2c(-c3ccccc3)nc(N)n3nc(C=NO)nc23)cc(C)n1. The monoisotopic (exact) mass is 359 g/mol. The van der Waals surface area contributed by atoms with Crippen molar-refractivity contribution in [2.24, 2.45) is 5.16 Å². The minimum Gasteiger partial charge on any atom is -0.411 e. The fraction of sp³-hybridized carbons (Fsp3) is 0.105. The molecule has 0 fully saturated rings. The van der Waals surface area contributed by atoms with Crippen molar-refractivity contribution in [1.82, 2.24) is 24.6 Å². The van der Waals surface area contributed by atoms with Gasteiger partial charge in [-0.05, 0) is 31.5 Å². The minimum absolute atomic E-state index is 0.195. The van der Waals surface area contributed by atoms with Crippen molar-refractivity contribution < 1.29 is 5.21 Å². The fourth-order valence-corrected chi connectivity index (χ4v) is 3.13. The van der Waals surface area contributed by atoms with Crippen LogP contribution < -0.4 is 5.73 Å². The lowest BCUT2D eigenvalue weighted by Crippen LogP contribution is -2.06. The molecule has 0 saturated carbocycles. The molecule has 8 heteroatoms. The number of rotatable bonds is 3. The summed E-state index contributed by atoms with van der Waals surface area (Å²) in [7, 11) is 0. The maximum Gasteiger partial charge on any atom is 0.223 e. The number of nitrogen functional groups attached to an aromatic ring is 1. The quantitative estimate of drug-likeness (QED) is 0.330. The molecule has 8 nitrogen and oxygen atoms in total. The molecule has 0 aliphatic heterocycles. The lowest BCUT2D eigenvalue weighted by atomic mass is 9.99. The van der Waals surface area contributed by atoms with Gasteiger partial charge in [-0.3, -0.25) is 4.98 Å². The van der Waals surface area contributed by atoms with Gasteiger partial charge in [-0.25, -0.2) is 9.97 Å². The van der Waals surface area contributed by atoms with Crippen molar-refractivity contribution in [3.05, 3.63) is 59.7 Å². The second kappa shape index (κ2) is 6.49. The molecule has 0 radical (unpaired) electrons. The normalized spacial score (nSPS) is 11.5. The third-order valence-electron chi connectivity index (χ3n) is 4.12. The molecule has 0 atom stereocenters. The van der Waals surface area contributed by atoms with Crippen molar-refractivity contribution in [3.63, 3.8) is 0 Å². The first kappa shape index (κ1) is 16.6.